The van der Waals surface area contributed by atoms with Gasteiger partial charge in [0.1, 0.15) is 5.70 Å². The first-order chi connectivity index (χ1) is 15.5. The Morgan fingerprint density at radius 2 is 1.62 bits per heavy atom. The summed E-state index contributed by atoms with van der Waals surface area (Å²) in [6, 6.07) is 22.4. The molecule has 0 fully saturated rings. The predicted octanol–water partition coefficient (Wildman–Crippen LogP) is 5.04. The van der Waals surface area contributed by atoms with Crippen LogP contribution in [0.2, 0.25) is 0 Å². The second-order valence-corrected chi connectivity index (χ2v) is 7.60. The van der Waals surface area contributed by atoms with Crippen molar-refractivity contribution in [2.24, 2.45) is 0 Å². The Hall–Kier alpha value is -3.71. The number of nitrogens with one attached hydrogen (secondary N) is 2. The number of amides is 2. The van der Waals surface area contributed by atoms with Gasteiger partial charge in [0.2, 0.25) is 0 Å². The van der Waals surface area contributed by atoms with Crippen LogP contribution in [0.4, 0.5) is 5.69 Å². The topological polar surface area (TPSA) is 84.5 Å². The average Bonchev–Trinajstić information content (AvgIpc) is 2.80. The third-order valence-electron chi connectivity index (χ3n) is 4.34. The third kappa shape index (κ3) is 6.39. The predicted molar refractivity (Wildman–Crippen MR) is 127 cm³/mol. The van der Waals surface area contributed by atoms with E-state index in [4.69, 9.17) is 4.74 Å². The molecule has 0 bridgehead atoms. The molecule has 6 nitrogen and oxygen atoms in total. The lowest BCUT2D eigenvalue weighted by Gasteiger charge is -2.12. The largest absolute Gasteiger partial charge is 0.462 e. The fraction of sp³-hybridized carbons (Fsp3) is 0.0800. The fourth-order valence-corrected chi connectivity index (χ4v) is 3.20. The van der Waals surface area contributed by atoms with Gasteiger partial charge >= 0.3 is 5.97 Å². The van der Waals surface area contributed by atoms with Crippen LogP contribution in [0.5, 0.6) is 0 Å². The van der Waals surface area contributed by atoms with Gasteiger partial charge in [0.15, 0.2) is 0 Å². The molecule has 2 N–H and O–H groups in total. The van der Waals surface area contributed by atoms with Crippen molar-refractivity contribution in [1.82, 2.24) is 5.32 Å². The molecule has 0 unspecified atom stereocenters. The third-order valence-corrected chi connectivity index (χ3v) is 4.84. The summed E-state index contributed by atoms with van der Waals surface area (Å²) in [4.78, 5) is 37.5. The van der Waals surface area contributed by atoms with E-state index in [1.54, 1.807) is 55.5 Å². The standard InChI is InChI=1S/C25H21BrN2O4/c1-2-32-25(31)18-11-13-21(14-12-18)27-24(30)22(15-17-7-4-3-5-8-17)28-23(29)19-9-6-10-20(26)16-19/h3-16H,2H2,1H3,(H,27,30)(H,28,29)/b22-15-. The van der Waals surface area contributed by atoms with Gasteiger partial charge in [-0.25, -0.2) is 4.79 Å². The summed E-state index contributed by atoms with van der Waals surface area (Å²) >= 11 is 3.34. The molecule has 3 aromatic rings. The molecule has 32 heavy (non-hydrogen) atoms. The molecule has 0 aliphatic heterocycles. The maximum absolute atomic E-state index is 13.0. The van der Waals surface area contributed by atoms with Crippen LogP contribution in [0.25, 0.3) is 6.08 Å². The summed E-state index contributed by atoms with van der Waals surface area (Å²) < 4.78 is 5.72. The molecule has 162 valence electrons. The SMILES string of the molecule is CCOC(=O)c1ccc(NC(=O)/C(=C/c2ccccc2)NC(=O)c2cccc(Br)c2)cc1. The Labute approximate surface area is 194 Å². The van der Waals surface area contributed by atoms with Crippen LogP contribution in [-0.2, 0) is 9.53 Å². The van der Waals surface area contributed by atoms with Crippen molar-refractivity contribution in [1.29, 1.82) is 0 Å². The molecule has 0 radical (unpaired) electrons. The van der Waals surface area contributed by atoms with Crippen molar-refractivity contribution < 1.29 is 19.1 Å². The number of hydrogen-bond donors (Lipinski definition) is 2. The van der Waals surface area contributed by atoms with E-state index in [9.17, 15) is 14.4 Å². The van der Waals surface area contributed by atoms with Crippen LogP contribution in [0.15, 0.2) is 89.0 Å². The van der Waals surface area contributed by atoms with E-state index in [1.807, 2.05) is 36.4 Å². The van der Waals surface area contributed by atoms with Gasteiger partial charge in [-0.05, 0) is 61.0 Å². The molecule has 3 rings (SSSR count). The van der Waals surface area contributed by atoms with Crippen molar-refractivity contribution in [3.8, 4) is 0 Å². The summed E-state index contributed by atoms with van der Waals surface area (Å²) in [6.45, 7) is 2.01. The maximum atomic E-state index is 13.0. The van der Waals surface area contributed by atoms with Gasteiger partial charge in [-0.2, -0.15) is 0 Å². The van der Waals surface area contributed by atoms with E-state index in [-0.39, 0.29) is 12.3 Å². The number of halogens is 1. The first kappa shape index (κ1) is 23.0. The Bertz CT molecular complexity index is 1140. The van der Waals surface area contributed by atoms with Crippen LogP contribution < -0.4 is 10.6 Å². The highest BCUT2D eigenvalue weighted by molar-refractivity contribution is 9.10. The monoisotopic (exact) mass is 492 g/mol. The van der Waals surface area contributed by atoms with Crippen molar-refractivity contribution in [2.45, 2.75) is 6.92 Å². The van der Waals surface area contributed by atoms with Gasteiger partial charge in [-0.3, -0.25) is 9.59 Å². The number of esters is 1. The summed E-state index contributed by atoms with van der Waals surface area (Å²) in [5.74, 6) is -1.35. The van der Waals surface area contributed by atoms with Crippen LogP contribution in [0, 0.1) is 0 Å². The normalized spacial score (nSPS) is 10.9. The zero-order valence-electron chi connectivity index (χ0n) is 17.3. The molecule has 0 saturated carbocycles. The molecule has 0 saturated heterocycles. The Kier molecular flexibility index (Phi) is 7.94. The molecule has 3 aromatic carbocycles. The highest BCUT2D eigenvalue weighted by atomic mass is 79.9. The summed E-state index contributed by atoms with van der Waals surface area (Å²) in [5, 5.41) is 5.44. The summed E-state index contributed by atoms with van der Waals surface area (Å²) in [5.41, 5.74) is 2.09. The number of ether oxygens (including phenoxy) is 1. The van der Waals surface area contributed by atoms with Crippen molar-refractivity contribution in [2.75, 3.05) is 11.9 Å². The van der Waals surface area contributed by atoms with Gasteiger partial charge in [0, 0.05) is 15.7 Å². The molecule has 0 aromatic heterocycles. The van der Waals surface area contributed by atoms with Gasteiger partial charge in [0.25, 0.3) is 11.8 Å². The van der Waals surface area contributed by atoms with E-state index in [0.717, 1.165) is 10.0 Å². The first-order valence-electron chi connectivity index (χ1n) is 9.88. The molecule has 7 heteroatoms. The van der Waals surface area contributed by atoms with E-state index in [2.05, 4.69) is 26.6 Å². The summed E-state index contributed by atoms with van der Waals surface area (Å²) in [6.07, 6.45) is 1.60. The molecule has 0 aliphatic rings. The van der Waals surface area contributed by atoms with E-state index in [1.165, 1.54) is 0 Å². The minimum Gasteiger partial charge on any atom is -0.462 e. The minimum atomic E-state index is -0.499. The Balaban J connectivity index is 1.81. The second-order valence-electron chi connectivity index (χ2n) is 6.69. The van der Waals surface area contributed by atoms with Gasteiger partial charge < -0.3 is 15.4 Å². The first-order valence-corrected chi connectivity index (χ1v) is 10.7. The van der Waals surface area contributed by atoms with E-state index in [0.29, 0.717) is 16.8 Å². The van der Waals surface area contributed by atoms with Crippen LogP contribution in [0.1, 0.15) is 33.2 Å². The maximum Gasteiger partial charge on any atom is 0.338 e. The Morgan fingerprint density at radius 3 is 2.28 bits per heavy atom. The number of benzene rings is 3. The zero-order chi connectivity index (χ0) is 22.9. The van der Waals surface area contributed by atoms with Gasteiger partial charge in [-0.15, -0.1) is 0 Å². The lowest BCUT2D eigenvalue weighted by Crippen LogP contribution is -2.30. The van der Waals surface area contributed by atoms with Crippen molar-refractivity contribution in [3.05, 3.63) is 106 Å². The second kappa shape index (κ2) is 11.1. The Morgan fingerprint density at radius 1 is 0.906 bits per heavy atom. The van der Waals surface area contributed by atoms with Crippen molar-refractivity contribution >= 4 is 45.5 Å². The molecule has 0 aliphatic carbocycles. The highest BCUT2D eigenvalue weighted by Gasteiger charge is 2.16. The van der Waals surface area contributed by atoms with E-state index < -0.39 is 17.8 Å². The fourth-order valence-electron chi connectivity index (χ4n) is 2.80. The van der Waals surface area contributed by atoms with E-state index >= 15 is 0 Å². The molecule has 0 heterocycles. The lowest BCUT2D eigenvalue weighted by molar-refractivity contribution is -0.113. The zero-order valence-corrected chi connectivity index (χ0v) is 18.9. The van der Waals surface area contributed by atoms with Crippen LogP contribution >= 0.6 is 15.9 Å². The smallest absolute Gasteiger partial charge is 0.338 e. The molecular weight excluding hydrogens is 472 g/mol. The molecule has 0 spiro atoms. The number of hydrogen-bond acceptors (Lipinski definition) is 4. The number of carbonyl (C=O) groups is 3. The molecular formula is C25H21BrN2O4. The van der Waals surface area contributed by atoms with Gasteiger partial charge in [-0.1, -0.05) is 52.3 Å². The van der Waals surface area contributed by atoms with Crippen molar-refractivity contribution in [3.63, 3.8) is 0 Å². The number of anilines is 1. The van der Waals surface area contributed by atoms with Gasteiger partial charge in [0.05, 0.1) is 12.2 Å². The average molecular weight is 493 g/mol. The summed E-state index contributed by atoms with van der Waals surface area (Å²) in [7, 11) is 0. The highest BCUT2D eigenvalue weighted by Crippen LogP contribution is 2.15. The molecule has 0 atom stereocenters. The lowest BCUT2D eigenvalue weighted by atomic mass is 10.1. The minimum absolute atomic E-state index is 0.0793. The molecule has 2 amide bonds. The quantitative estimate of drug-likeness (QED) is 0.357. The number of rotatable bonds is 7. The van der Waals surface area contributed by atoms with Crippen LogP contribution in [0.3, 0.4) is 0 Å². The van der Waals surface area contributed by atoms with Crippen LogP contribution in [-0.4, -0.2) is 24.4 Å². The number of carbonyl (C=O) groups excluding carboxylic acids is 3.